The summed E-state index contributed by atoms with van der Waals surface area (Å²) in [6.45, 7) is 2.81. The van der Waals surface area contributed by atoms with Crippen molar-refractivity contribution in [1.82, 2.24) is 4.90 Å². The Kier molecular flexibility index (Phi) is 2.11. The predicted molar refractivity (Wildman–Crippen MR) is 57.8 cm³/mol. The molecule has 16 heavy (non-hydrogen) atoms. The zero-order valence-corrected chi connectivity index (χ0v) is 9.74. The van der Waals surface area contributed by atoms with Gasteiger partial charge in [-0.25, -0.2) is 0 Å². The maximum Gasteiger partial charge on any atom is 0.314 e. The highest BCUT2D eigenvalue weighted by molar-refractivity contribution is 5.81. The summed E-state index contributed by atoms with van der Waals surface area (Å²) in [5.74, 6) is 0.0860. The van der Waals surface area contributed by atoms with Crippen LogP contribution in [-0.2, 0) is 9.53 Å². The average molecular weight is 225 g/mol. The molecule has 0 aromatic rings. The van der Waals surface area contributed by atoms with E-state index in [1.165, 1.54) is 7.11 Å². The van der Waals surface area contributed by atoms with Crippen molar-refractivity contribution < 1.29 is 14.6 Å². The molecule has 4 rings (SSSR count). The van der Waals surface area contributed by atoms with E-state index in [-0.39, 0.29) is 5.97 Å². The molecule has 0 amide bonds. The van der Waals surface area contributed by atoms with Crippen molar-refractivity contribution in [2.45, 2.75) is 31.3 Å². The molecule has 1 aliphatic carbocycles. The summed E-state index contributed by atoms with van der Waals surface area (Å²) in [4.78, 5) is 14.2. The molecule has 4 heteroatoms. The maximum absolute atomic E-state index is 11.9. The van der Waals surface area contributed by atoms with E-state index in [4.69, 9.17) is 4.74 Å². The van der Waals surface area contributed by atoms with E-state index < -0.39 is 11.0 Å². The van der Waals surface area contributed by atoms with Crippen LogP contribution in [0.1, 0.15) is 25.7 Å². The summed E-state index contributed by atoms with van der Waals surface area (Å²) in [5, 5.41) is 10.9. The lowest BCUT2D eigenvalue weighted by Gasteiger charge is -2.53. The summed E-state index contributed by atoms with van der Waals surface area (Å²) < 4.78 is 4.89. The molecule has 1 atom stereocenters. The highest BCUT2D eigenvalue weighted by Gasteiger charge is 2.69. The molecule has 0 spiro atoms. The first kappa shape index (κ1) is 10.5. The van der Waals surface area contributed by atoms with Crippen molar-refractivity contribution in [1.29, 1.82) is 0 Å². The van der Waals surface area contributed by atoms with E-state index in [1.807, 2.05) is 0 Å². The van der Waals surface area contributed by atoms with Crippen LogP contribution < -0.4 is 0 Å². The van der Waals surface area contributed by atoms with E-state index in [9.17, 15) is 9.90 Å². The van der Waals surface area contributed by atoms with Gasteiger partial charge in [-0.1, -0.05) is 0 Å². The zero-order chi connectivity index (χ0) is 11.4. The van der Waals surface area contributed by atoms with Crippen LogP contribution in [0.3, 0.4) is 0 Å². The van der Waals surface area contributed by atoms with Crippen LogP contribution in [-0.4, -0.2) is 48.3 Å². The first-order chi connectivity index (χ1) is 7.62. The Morgan fingerprint density at radius 2 is 2.00 bits per heavy atom. The Labute approximate surface area is 95.6 Å². The first-order valence-electron chi connectivity index (χ1n) is 6.15. The van der Waals surface area contributed by atoms with Gasteiger partial charge in [0.2, 0.25) is 0 Å². The van der Waals surface area contributed by atoms with Crippen molar-refractivity contribution in [3.05, 3.63) is 0 Å². The number of ether oxygens (including phenoxy) is 1. The molecule has 4 nitrogen and oxygen atoms in total. The van der Waals surface area contributed by atoms with E-state index in [0.717, 1.165) is 38.8 Å². The predicted octanol–water partition coefficient (Wildman–Crippen LogP) is 0.396. The van der Waals surface area contributed by atoms with Gasteiger partial charge in [0.25, 0.3) is 0 Å². The highest BCUT2D eigenvalue weighted by Crippen LogP contribution is 2.60. The molecule has 90 valence electrons. The lowest BCUT2D eigenvalue weighted by atomic mass is 9.66. The van der Waals surface area contributed by atoms with E-state index >= 15 is 0 Å². The lowest BCUT2D eigenvalue weighted by molar-refractivity contribution is -0.185. The SMILES string of the molecule is COC(=O)C1(C2(O)CN3CCC2CC3)CC1. The molecular formula is C12H19NO3. The largest absolute Gasteiger partial charge is 0.469 e. The van der Waals surface area contributed by atoms with Crippen molar-refractivity contribution >= 4 is 5.97 Å². The number of hydrogen-bond donors (Lipinski definition) is 1. The fourth-order valence-electron chi connectivity index (χ4n) is 3.71. The highest BCUT2D eigenvalue weighted by atomic mass is 16.5. The Morgan fingerprint density at radius 1 is 1.38 bits per heavy atom. The topological polar surface area (TPSA) is 49.8 Å². The number of fused-ring (bicyclic) bond motifs is 3. The van der Waals surface area contributed by atoms with Crippen LogP contribution in [0.5, 0.6) is 0 Å². The average Bonchev–Trinajstić information content (AvgIpc) is 3.11. The van der Waals surface area contributed by atoms with Crippen LogP contribution >= 0.6 is 0 Å². The standard InChI is InChI=1S/C12H19NO3/c1-16-10(14)11(4-5-11)12(15)8-13-6-2-9(12)3-7-13/h9,15H,2-8H2,1H3. The third kappa shape index (κ3) is 1.14. The molecule has 1 saturated carbocycles. The minimum atomic E-state index is -0.823. The number of carbonyl (C=O) groups excluding carboxylic acids is 1. The van der Waals surface area contributed by atoms with E-state index in [1.54, 1.807) is 0 Å². The minimum absolute atomic E-state index is 0.205. The van der Waals surface area contributed by atoms with Gasteiger partial charge in [-0.3, -0.25) is 4.79 Å². The normalized spacial score (nSPS) is 44.1. The summed E-state index contributed by atoms with van der Waals surface area (Å²) in [6.07, 6.45) is 3.63. The second-order valence-corrected chi connectivity index (χ2v) is 5.55. The fraction of sp³-hybridized carbons (Fsp3) is 0.917. The number of nitrogens with zero attached hydrogens (tertiary/aromatic N) is 1. The maximum atomic E-state index is 11.9. The van der Waals surface area contributed by atoms with Crippen molar-refractivity contribution in [2.75, 3.05) is 26.7 Å². The molecule has 2 bridgehead atoms. The molecule has 4 aliphatic rings. The first-order valence-corrected chi connectivity index (χ1v) is 6.15. The summed E-state index contributed by atoms with van der Waals surface area (Å²) in [6, 6.07) is 0. The Hall–Kier alpha value is -0.610. The van der Waals surface area contributed by atoms with Crippen LogP contribution in [0, 0.1) is 11.3 Å². The molecule has 1 N–H and O–H groups in total. The van der Waals surface area contributed by atoms with Gasteiger partial charge in [0.15, 0.2) is 0 Å². The second kappa shape index (κ2) is 3.20. The number of piperidine rings is 3. The monoisotopic (exact) mass is 225 g/mol. The van der Waals surface area contributed by atoms with Gasteiger partial charge in [0.05, 0.1) is 18.1 Å². The number of esters is 1. The quantitative estimate of drug-likeness (QED) is 0.691. The molecule has 4 fully saturated rings. The minimum Gasteiger partial charge on any atom is -0.469 e. The van der Waals surface area contributed by atoms with Gasteiger partial charge >= 0.3 is 5.97 Å². The van der Waals surface area contributed by atoms with Crippen LogP contribution in [0.4, 0.5) is 0 Å². The zero-order valence-electron chi connectivity index (χ0n) is 9.74. The molecule has 0 aromatic carbocycles. The number of rotatable bonds is 2. The smallest absolute Gasteiger partial charge is 0.314 e. The Bertz CT molecular complexity index is 318. The number of carbonyl (C=O) groups is 1. The van der Waals surface area contributed by atoms with Crippen LogP contribution in [0.2, 0.25) is 0 Å². The molecule has 3 saturated heterocycles. The molecule has 0 aromatic heterocycles. The van der Waals surface area contributed by atoms with E-state index in [0.29, 0.717) is 12.5 Å². The Morgan fingerprint density at radius 3 is 2.38 bits per heavy atom. The Balaban J connectivity index is 1.91. The third-order valence-electron chi connectivity index (χ3n) is 4.88. The fourth-order valence-corrected chi connectivity index (χ4v) is 3.71. The van der Waals surface area contributed by atoms with Crippen LogP contribution in [0.25, 0.3) is 0 Å². The second-order valence-electron chi connectivity index (χ2n) is 5.55. The van der Waals surface area contributed by atoms with Crippen molar-refractivity contribution in [2.24, 2.45) is 11.3 Å². The van der Waals surface area contributed by atoms with Crippen molar-refractivity contribution in [3.63, 3.8) is 0 Å². The van der Waals surface area contributed by atoms with E-state index in [2.05, 4.69) is 4.90 Å². The lowest BCUT2D eigenvalue weighted by Crippen LogP contribution is -2.65. The van der Waals surface area contributed by atoms with Gasteiger partial charge in [-0.2, -0.15) is 0 Å². The molecule has 1 unspecified atom stereocenters. The van der Waals surface area contributed by atoms with Gasteiger partial charge in [0, 0.05) is 6.54 Å². The number of hydrogen-bond acceptors (Lipinski definition) is 4. The van der Waals surface area contributed by atoms with Gasteiger partial charge < -0.3 is 14.7 Å². The molecule has 3 aliphatic heterocycles. The van der Waals surface area contributed by atoms with Gasteiger partial charge in [-0.15, -0.1) is 0 Å². The summed E-state index contributed by atoms with van der Waals surface area (Å²) >= 11 is 0. The molecule has 3 heterocycles. The summed E-state index contributed by atoms with van der Waals surface area (Å²) in [5.41, 5.74) is -1.40. The summed E-state index contributed by atoms with van der Waals surface area (Å²) in [7, 11) is 1.42. The van der Waals surface area contributed by atoms with Gasteiger partial charge in [0.1, 0.15) is 0 Å². The number of methoxy groups -OCH3 is 1. The number of aliphatic hydroxyl groups is 1. The van der Waals surface area contributed by atoms with Crippen molar-refractivity contribution in [3.8, 4) is 0 Å². The van der Waals surface area contributed by atoms with Gasteiger partial charge in [-0.05, 0) is 44.7 Å². The molecule has 0 radical (unpaired) electrons. The van der Waals surface area contributed by atoms with Crippen LogP contribution in [0.15, 0.2) is 0 Å². The molecular weight excluding hydrogens is 206 g/mol. The third-order valence-corrected chi connectivity index (χ3v) is 4.88.